The van der Waals surface area contributed by atoms with Gasteiger partial charge in [-0.3, -0.25) is 14.5 Å². The number of nitrogens with zero attached hydrogens (tertiary/aromatic N) is 1. The number of aliphatic hydroxyl groups excluding tert-OH is 1. The number of carbonyl (C=O) groups is 2. The normalized spacial score (nSPS) is 18.1. The van der Waals surface area contributed by atoms with Crippen LogP contribution in [0.3, 0.4) is 0 Å². The van der Waals surface area contributed by atoms with E-state index >= 15 is 0 Å². The maximum absolute atomic E-state index is 12.0. The van der Waals surface area contributed by atoms with Crippen LogP contribution in [0.25, 0.3) is 0 Å². The molecule has 1 fully saturated rings. The summed E-state index contributed by atoms with van der Waals surface area (Å²) in [6.45, 7) is 3.70. The Morgan fingerprint density at radius 2 is 2.15 bits per heavy atom. The molecule has 0 bridgehead atoms. The third-order valence-electron chi connectivity index (χ3n) is 3.31. The van der Waals surface area contributed by atoms with Gasteiger partial charge in [0, 0.05) is 24.3 Å². The van der Waals surface area contributed by atoms with Crippen molar-refractivity contribution in [2.24, 2.45) is 5.92 Å². The molecule has 0 aromatic heterocycles. The highest BCUT2D eigenvalue weighted by molar-refractivity contribution is 6.20. The van der Waals surface area contributed by atoms with E-state index in [0.717, 1.165) is 11.1 Å². The highest BCUT2D eigenvalue weighted by Gasteiger charge is 2.36. The molecule has 0 spiro atoms. The highest BCUT2D eigenvalue weighted by atomic mass is 16.2. The number of rotatable bonds is 2. The van der Waals surface area contributed by atoms with Gasteiger partial charge in [0.15, 0.2) is 0 Å². The third kappa shape index (κ3) is 2.73. The van der Waals surface area contributed by atoms with Gasteiger partial charge >= 0.3 is 0 Å². The van der Waals surface area contributed by atoms with Gasteiger partial charge in [0.2, 0.25) is 11.8 Å². The number of aliphatic hydroxyl groups is 1. The summed E-state index contributed by atoms with van der Waals surface area (Å²) in [5.74, 6) is 5.23. The van der Waals surface area contributed by atoms with E-state index in [0.29, 0.717) is 12.1 Å². The van der Waals surface area contributed by atoms with Crippen LogP contribution < -0.4 is 4.90 Å². The first kappa shape index (κ1) is 14.3. The molecule has 2 amide bonds. The van der Waals surface area contributed by atoms with Gasteiger partial charge in [-0.15, -0.1) is 0 Å². The summed E-state index contributed by atoms with van der Waals surface area (Å²) in [6.07, 6.45) is 0.667. The summed E-state index contributed by atoms with van der Waals surface area (Å²) in [6, 6.07) is 5.37. The Morgan fingerprint density at radius 3 is 2.75 bits per heavy atom. The zero-order valence-corrected chi connectivity index (χ0v) is 11.6. The number of amides is 2. The van der Waals surface area contributed by atoms with E-state index in [1.54, 1.807) is 19.1 Å². The lowest BCUT2D eigenvalue weighted by atomic mass is 10.1. The van der Waals surface area contributed by atoms with E-state index in [4.69, 9.17) is 5.11 Å². The predicted octanol–water partition coefficient (Wildman–Crippen LogP) is 1.63. The van der Waals surface area contributed by atoms with Gasteiger partial charge in [-0.2, -0.15) is 0 Å². The number of benzene rings is 1. The first-order chi connectivity index (χ1) is 9.54. The van der Waals surface area contributed by atoms with Crippen molar-refractivity contribution in [2.75, 3.05) is 11.5 Å². The molecular weight excluding hydrogens is 254 g/mol. The fraction of sp³-hybridized carbons (Fsp3) is 0.375. The molecule has 1 aliphatic rings. The maximum Gasteiger partial charge on any atom is 0.237 e. The van der Waals surface area contributed by atoms with Crippen molar-refractivity contribution < 1.29 is 14.7 Å². The largest absolute Gasteiger partial charge is 0.395 e. The van der Waals surface area contributed by atoms with Gasteiger partial charge in [-0.1, -0.05) is 24.8 Å². The lowest BCUT2D eigenvalue weighted by Crippen LogP contribution is -2.30. The minimum absolute atomic E-state index is 0.0202. The fourth-order valence-electron chi connectivity index (χ4n) is 2.15. The summed E-state index contributed by atoms with van der Waals surface area (Å²) >= 11 is 0. The molecular formula is C16H17NO3. The fourth-order valence-corrected chi connectivity index (χ4v) is 2.15. The standard InChI is InChI=1S/C16H17NO3/c1-11-6-7-14(10-13(11)5-3-4-8-18)17-15(19)9-12(2)16(17)20/h6-7,10,12,18H,4,8-9H2,1-2H3. The monoisotopic (exact) mass is 271 g/mol. The minimum Gasteiger partial charge on any atom is -0.395 e. The van der Waals surface area contributed by atoms with E-state index in [2.05, 4.69) is 11.8 Å². The SMILES string of the molecule is Cc1ccc(N2C(=O)CC(C)C2=O)cc1C#CCCO. The molecule has 0 radical (unpaired) electrons. The molecule has 0 aliphatic carbocycles. The molecule has 1 saturated heterocycles. The maximum atomic E-state index is 12.0. The minimum atomic E-state index is -0.257. The molecule has 1 N–H and O–H groups in total. The highest BCUT2D eigenvalue weighted by Crippen LogP contribution is 2.27. The molecule has 1 atom stereocenters. The quantitative estimate of drug-likeness (QED) is 0.657. The van der Waals surface area contributed by atoms with E-state index in [-0.39, 0.29) is 30.8 Å². The van der Waals surface area contributed by atoms with Gasteiger partial charge < -0.3 is 5.11 Å². The average Bonchev–Trinajstić information content (AvgIpc) is 2.66. The molecule has 104 valence electrons. The molecule has 1 unspecified atom stereocenters. The lowest BCUT2D eigenvalue weighted by molar-refractivity contribution is -0.122. The van der Waals surface area contributed by atoms with Gasteiger partial charge in [0.1, 0.15) is 0 Å². The zero-order chi connectivity index (χ0) is 14.7. The second kappa shape index (κ2) is 5.89. The number of anilines is 1. The van der Waals surface area contributed by atoms with Crippen molar-refractivity contribution in [3.63, 3.8) is 0 Å². The van der Waals surface area contributed by atoms with Crippen LogP contribution in [0.15, 0.2) is 18.2 Å². The Hall–Kier alpha value is -2.12. The van der Waals surface area contributed by atoms with Crippen molar-refractivity contribution in [3.8, 4) is 11.8 Å². The van der Waals surface area contributed by atoms with Crippen molar-refractivity contribution in [1.82, 2.24) is 0 Å². The summed E-state index contributed by atoms with van der Waals surface area (Å²) in [5, 5.41) is 8.74. The zero-order valence-electron chi connectivity index (χ0n) is 11.6. The van der Waals surface area contributed by atoms with Crippen LogP contribution in [0.2, 0.25) is 0 Å². The molecule has 20 heavy (non-hydrogen) atoms. The van der Waals surface area contributed by atoms with E-state index in [1.807, 2.05) is 13.0 Å². The van der Waals surface area contributed by atoms with Gasteiger partial charge in [-0.25, -0.2) is 0 Å². The first-order valence-corrected chi connectivity index (χ1v) is 6.61. The Morgan fingerprint density at radius 1 is 1.40 bits per heavy atom. The van der Waals surface area contributed by atoms with Crippen LogP contribution in [-0.2, 0) is 9.59 Å². The number of aryl methyl sites for hydroxylation is 1. The Bertz CT molecular complexity index is 610. The van der Waals surface area contributed by atoms with E-state index in [1.165, 1.54) is 4.90 Å². The predicted molar refractivity (Wildman–Crippen MR) is 76.0 cm³/mol. The van der Waals surface area contributed by atoms with Crippen LogP contribution in [0, 0.1) is 24.7 Å². The van der Waals surface area contributed by atoms with Crippen molar-refractivity contribution in [2.45, 2.75) is 26.7 Å². The van der Waals surface area contributed by atoms with Crippen LogP contribution in [-0.4, -0.2) is 23.5 Å². The van der Waals surface area contributed by atoms with E-state index < -0.39 is 0 Å². The molecule has 2 rings (SSSR count). The Labute approximate surface area is 118 Å². The lowest BCUT2D eigenvalue weighted by Gasteiger charge is -2.15. The van der Waals surface area contributed by atoms with Gasteiger partial charge in [-0.05, 0) is 24.6 Å². The molecule has 1 aliphatic heterocycles. The number of carbonyl (C=O) groups excluding carboxylic acids is 2. The summed E-state index contributed by atoms with van der Waals surface area (Å²) < 4.78 is 0. The van der Waals surface area contributed by atoms with Crippen molar-refractivity contribution in [1.29, 1.82) is 0 Å². The van der Waals surface area contributed by atoms with Crippen LogP contribution in [0.1, 0.15) is 30.9 Å². The second-order valence-electron chi connectivity index (χ2n) is 4.95. The topological polar surface area (TPSA) is 57.6 Å². The van der Waals surface area contributed by atoms with Gasteiger partial charge in [0.25, 0.3) is 0 Å². The Balaban J connectivity index is 2.35. The van der Waals surface area contributed by atoms with Gasteiger partial charge in [0.05, 0.1) is 12.3 Å². The smallest absolute Gasteiger partial charge is 0.237 e. The average molecular weight is 271 g/mol. The van der Waals surface area contributed by atoms with Crippen LogP contribution in [0.4, 0.5) is 5.69 Å². The summed E-state index contributed by atoms with van der Waals surface area (Å²) in [4.78, 5) is 25.1. The molecule has 0 saturated carbocycles. The number of hydrogen-bond acceptors (Lipinski definition) is 3. The molecule has 1 aromatic carbocycles. The van der Waals surface area contributed by atoms with Crippen LogP contribution in [0.5, 0.6) is 0 Å². The summed E-state index contributed by atoms with van der Waals surface area (Å²) in [7, 11) is 0. The summed E-state index contributed by atoms with van der Waals surface area (Å²) in [5.41, 5.74) is 2.32. The number of hydrogen-bond donors (Lipinski definition) is 1. The second-order valence-corrected chi connectivity index (χ2v) is 4.95. The molecule has 1 heterocycles. The molecule has 4 heteroatoms. The van der Waals surface area contributed by atoms with E-state index in [9.17, 15) is 9.59 Å². The van der Waals surface area contributed by atoms with Crippen molar-refractivity contribution in [3.05, 3.63) is 29.3 Å². The van der Waals surface area contributed by atoms with Crippen molar-refractivity contribution >= 4 is 17.5 Å². The number of imide groups is 1. The Kier molecular flexibility index (Phi) is 4.21. The first-order valence-electron chi connectivity index (χ1n) is 6.61. The molecule has 1 aromatic rings. The molecule has 4 nitrogen and oxygen atoms in total. The third-order valence-corrected chi connectivity index (χ3v) is 3.31. The van der Waals surface area contributed by atoms with Crippen LogP contribution >= 0.6 is 0 Å².